The number of sulfonamides is 1. The van der Waals surface area contributed by atoms with Crippen LogP contribution in [0.2, 0.25) is 5.02 Å². The highest BCUT2D eigenvalue weighted by molar-refractivity contribution is 7.89. The van der Waals surface area contributed by atoms with Crippen molar-refractivity contribution in [2.24, 2.45) is 5.92 Å². The van der Waals surface area contributed by atoms with E-state index in [4.69, 9.17) is 11.6 Å². The molecule has 0 aliphatic carbocycles. The molecule has 1 saturated heterocycles. The maximum atomic E-state index is 12.7. The van der Waals surface area contributed by atoms with Crippen LogP contribution in [0.4, 0.5) is 0 Å². The lowest BCUT2D eigenvalue weighted by Gasteiger charge is -2.33. The standard InChI is InChI=1S/C19H28ClN3O4S/c1-12(2)19(25)23-9-7-14(8-10-23)21-18(24)16-11-15(5-6-17(16)20)28(26,27)22-13(3)4/h5-6,11-14,22H,7-10H2,1-4H3,(H,21,24). The number of nitrogens with zero attached hydrogens (tertiary/aromatic N) is 1. The van der Waals surface area contributed by atoms with Gasteiger partial charge in [0.25, 0.3) is 5.91 Å². The highest BCUT2D eigenvalue weighted by Gasteiger charge is 2.26. The number of piperidine rings is 1. The average Bonchev–Trinajstić information content (AvgIpc) is 2.60. The fraction of sp³-hybridized carbons (Fsp3) is 0.579. The number of hydrogen-bond donors (Lipinski definition) is 2. The van der Waals surface area contributed by atoms with Crippen LogP contribution >= 0.6 is 11.6 Å². The Hall–Kier alpha value is -1.64. The van der Waals surface area contributed by atoms with Crippen LogP contribution in [0, 0.1) is 5.92 Å². The molecule has 9 heteroatoms. The molecule has 1 aliphatic rings. The van der Waals surface area contributed by atoms with Crippen molar-refractivity contribution in [1.82, 2.24) is 14.9 Å². The zero-order chi connectivity index (χ0) is 21.1. The Morgan fingerprint density at radius 3 is 2.29 bits per heavy atom. The Labute approximate surface area is 171 Å². The minimum absolute atomic E-state index is 0.00639. The van der Waals surface area contributed by atoms with Crippen molar-refractivity contribution in [2.45, 2.75) is 57.5 Å². The largest absolute Gasteiger partial charge is 0.349 e. The molecule has 0 aromatic heterocycles. The number of carbonyl (C=O) groups is 2. The van der Waals surface area contributed by atoms with Gasteiger partial charge >= 0.3 is 0 Å². The number of rotatable bonds is 6. The summed E-state index contributed by atoms with van der Waals surface area (Å²) in [4.78, 5) is 26.5. The van der Waals surface area contributed by atoms with Crippen LogP contribution in [0.25, 0.3) is 0 Å². The van der Waals surface area contributed by atoms with E-state index in [1.165, 1.54) is 18.2 Å². The quantitative estimate of drug-likeness (QED) is 0.725. The number of nitrogens with one attached hydrogen (secondary N) is 2. The summed E-state index contributed by atoms with van der Waals surface area (Å²) in [5.74, 6) is -0.349. The average molecular weight is 430 g/mol. The molecule has 1 fully saturated rings. The van der Waals surface area contributed by atoms with Gasteiger partial charge < -0.3 is 10.2 Å². The first kappa shape index (κ1) is 22.6. The topological polar surface area (TPSA) is 95.6 Å². The van der Waals surface area contributed by atoms with E-state index in [1.54, 1.807) is 13.8 Å². The summed E-state index contributed by atoms with van der Waals surface area (Å²) in [5, 5.41) is 3.10. The molecule has 0 bridgehead atoms. The molecule has 1 heterocycles. The third-order valence-electron chi connectivity index (χ3n) is 4.52. The van der Waals surface area contributed by atoms with Gasteiger partial charge in [0.2, 0.25) is 15.9 Å². The van der Waals surface area contributed by atoms with Crippen LogP contribution in [0.15, 0.2) is 23.1 Å². The van der Waals surface area contributed by atoms with E-state index in [0.29, 0.717) is 25.9 Å². The number of carbonyl (C=O) groups excluding carboxylic acids is 2. The van der Waals surface area contributed by atoms with E-state index >= 15 is 0 Å². The second-order valence-corrected chi connectivity index (χ2v) is 9.77. The zero-order valence-corrected chi connectivity index (χ0v) is 18.2. The van der Waals surface area contributed by atoms with Gasteiger partial charge in [-0.05, 0) is 44.9 Å². The Balaban J connectivity index is 2.07. The molecule has 7 nitrogen and oxygen atoms in total. The van der Waals surface area contributed by atoms with Crippen molar-refractivity contribution in [2.75, 3.05) is 13.1 Å². The lowest BCUT2D eigenvalue weighted by molar-refractivity contribution is -0.135. The maximum absolute atomic E-state index is 12.7. The molecule has 0 unspecified atom stereocenters. The molecule has 1 aliphatic heterocycles. The SMILES string of the molecule is CC(C)NS(=O)(=O)c1ccc(Cl)c(C(=O)NC2CCN(C(=O)C(C)C)CC2)c1. The normalized spacial score (nSPS) is 15.9. The molecule has 156 valence electrons. The molecular formula is C19H28ClN3O4S. The molecule has 0 saturated carbocycles. The lowest BCUT2D eigenvalue weighted by atomic mass is 10.0. The van der Waals surface area contributed by atoms with Gasteiger partial charge in [-0.3, -0.25) is 9.59 Å². The van der Waals surface area contributed by atoms with E-state index in [2.05, 4.69) is 10.0 Å². The van der Waals surface area contributed by atoms with Crippen LogP contribution in [-0.2, 0) is 14.8 Å². The minimum Gasteiger partial charge on any atom is -0.349 e. The lowest BCUT2D eigenvalue weighted by Crippen LogP contribution is -2.47. The van der Waals surface area contributed by atoms with Gasteiger partial charge in [0.1, 0.15) is 0 Å². The van der Waals surface area contributed by atoms with Gasteiger partial charge in [-0.1, -0.05) is 25.4 Å². The summed E-state index contributed by atoms with van der Waals surface area (Å²) >= 11 is 6.14. The summed E-state index contributed by atoms with van der Waals surface area (Å²) in [7, 11) is -3.72. The second kappa shape index (κ2) is 9.24. The third-order valence-corrected chi connectivity index (χ3v) is 6.51. The van der Waals surface area contributed by atoms with E-state index in [9.17, 15) is 18.0 Å². The third kappa shape index (κ3) is 5.68. The minimum atomic E-state index is -3.72. The van der Waals surface area contributed by atoms with Crippen LogP contribution in [-0.4, -0.2) is 50.3 Å². The highest BCUT2D eigenvalue weighted by atomic mass is 35.5. The first-order chi connectivity index (χ1) is 13.0. The monoisotopic (exact) mass is 429 g/mol. The van der Waals surface area contributed by atoms with Crippen LogP contribution < -0.4 is 10.0 Å². The van der Waals surface area contributed by atoms with Crippen molar-refractivity contribution in [1.29, 1.82) is 0 Å². The molecule has 2 N–H and O–H groups in total. The van der Waals surface area contributed by atoms with Crippen LogP contribution in [0.5, 0.6) is 0 Å². The molecule has 1 aromatic rings. The van der Waals surface area contributed by atoms with Gasteiger partial charge in [-0.25, -0.2) is 13.1 Å². The van der Waals surface area contributed by atoms with E-state index in [-0.39, 0.29) is 39.4 Å². The molecule has 0 spiro atoms. The van der Waals surface area contributed by atoms with Crippen molar-refractivity contribution in [3.8, 4) is 0 Å². The molecule has 28 heavy (non-hydrogen) atoms. The molecule has 2 rings (SSSR count). The first-order valence-corrected chi connectivity index (χ1v) is 11.3. The summed E-state index contributed by atoms with van der Waals surface area (Å²) in [6, 6.07) is 3.72. The van der Waals surface area contributed by atoms with Crippen LogP contribution in [0.3, 0.4) is 0 Å². The first-order valence-electron chi connectivity index (χ1n) is 9.42. The van der Waals surface area contributed by atoms with E-state index in [0.717, 1.165) is 0 Å². The summed E-state index contributed by atoms with van der Waals surface area (Å²) in [5.41, 5.74) is 0.119. The summed E-state index contributed by atoms with van der Waals surface area (Å²) in [6.07, 6.45) is 1.30. The van der Waals surface area contributed by atoms with Crippen molar-refractivity contribution in [3.05, 3.63) is 28.8 Å². The van der Waals surface area contributed by atoms with Gasteiger partial charge in [-0.15, -0.1) is 0 Å². The predicted molar refractivity (Wildman–Crippen MR) is 109 cm³/mol. The highest BCUT2D eigenvalue weighted by Crippen LogP contribution is 2.22. The maximum Gasteiger partial charge on any atom is 0.253 e. The molecule has 0 atom stereocenters. The van der Waals surface area contributed by atoms with Crippen molar-refractivity contribution in [3.63, 3.8) is 0 Å². The number of amides is 2. The zero-order valence-electron chi connectivity index (χ0n) is 16.7. The Morgan fingerprint density at radius 1 is 1.14 bits per heavy atom. The molecular weight excluding hydrogens is 402 g/mol. The fourth-order valence-corrected chi connectivity index (χ4v) is 4.58. The number of hydrogen-bond acceptors (Lipinski definition) is 4. The Bertz CT molecular complexity index is 832. The van der Waals surface area contributed by atoms with Crippen LogP contribution in [0.1, 0.15) is 50.9 Å². The molecule has 2 amide bonds. The van der Waals surface area contributed by atoms with Gasteiger partial charge in [-0.2, -0.15) is 0 Å². The van der Waals surface area contributed by atoms with Gasteiger partial charge in [0.05, 0.1) is 15.5 Å². The molecule has 1 aromatic carbocycles. The molecule has 0 radical (unpaired) electrons. The predicted octanol–water partition coefficient (Wildman–Crippen LogP) is 2.40. The Kier molecular flexibility index (Phi) is 7.47. The number of halogens is 1. The number of likely N-dealkylation sites (tertiary alicyclic amines) is 1. The summed E-state index contributed by atoms with van der Waals surface area (Å²) < 4.78 is 27.2. The fourth-order valence-electron chi connectivity index (χ4n) is 3.10. The number of benzene rings is 1. The van der Waals surface area contributed by atoms with Crippen molar-refractivity contribution >= 4 is 33.4 Å². The smallest absolute Gasteiger partial charge is 0.253 e. The van der Waals surface area contributed by atoms with E-state index < -0.39 is 15.9 Å². The van der Waals surface area contributed by atoms with Gasteiger partial charge in [0, 0.05) is 31.1 Å². The Morgan fingerprint density at radius 2 is 1.75 bits per heavy atom. The summed E-state index contributed by atoms with van der Waals surface area (Å²) in [6.45, 7) is 8.35. The van der Waals surface area contributed by atoms with E-state index in [1.807, 2.05) is 18.7 Å². The van der Waals surface area contributed by atoms with Crippen molar-refractivity contribution < 1.29 is 18.0 Å². The second-order valence-electron chi connectivity index (χ2n) is 7.65. The van der Waals surface area contributed by atoms with Gasteiger partial charge in [0.15, 0.2) is 0 Å².